The van der Waals surface area contributed by atoms with E-state index in [-0.39, 0.29) is 0 Å². The lowest BCUT2D eigenvalue weighted by Gasteiger charge is -2.10. The first-order chi connectivity index (χ1) is 26.1. The molecule has 0 saturated carbocycles. The lowest BCUT2D eigenvalue weighted by atomic mass is 10.0. The predicted molar refractivity (Wildman–Crippen MR) is 207 cm³/mol. The average molecular weight is 691 g/mol. The first-order valence-corrected chi connectivity index (χ1v) is 17.5. The van der Waals surface area contributed by atoms with E-state index in [2.05, 4.69) is 141 Å². The van der Waals surface area contributed by atoms with E-state index < -0.39 is 12.6 Å². The molecule has 1 aliphatic rings. The van der Waals surface area contributed by atoms with E-state index in [1.165, 1.54) is 0 Å². The smallest absolute Gasteiger partial charge is 0.341 e. The Labute approximate surface area is 304 Å². The van der Waals surface area contributed by atoms with Gasteiger partial charge in [-0.05, 0) is 82.9 Å². The lowest BCUT2D eigenvalue weighted by molar-refractivity contribution is -0.139. The third-order valence-electron chi connectivity index (χ3n) is 9.59. The Morgan fingerprint density at radius 3 is 1.04 bits per heavy atom. The maximum atomic E-state index is 11.2. The molecule has 4 aromatic heterocycles. The van der Waals surface area contributed by atoms with Gasteiger partial charge >= 0.3 is 5.97 Å². The van der Waals surface area contributed by atoms with Crippen LogP contribution in [-0.4, -0.2) is 37.6 Å². The fraction of sp³-hybridized carbons (Fsp3) is 0.0217. The summed E-state index contributed by atoms with van der Waals surface area (Å²) in [5.41, 5.74) is 12.1. The molecular weight excluding hydrogens is 657 g/mol. The molecule has 0 saturated heterocycles. The van der Waals surface area contributed by atoms with Crippen LogP contribution in [-0.2, 0) is 4.79 Å². The van der Waals surface area contributed by atoms with Crippen molar-refractivity contribution in [3.05, 3.63) is 230 Å². The highest BCUT2D eigenvalue weighted by Crippen LogP contribution is 2.28. The van der Waals surface area contributed by atoms with E-state index >= 15 is 0 Å². The van der Waals surface area contributed by atoms with Gasteiger partial charge in [-0.3, -0.25) is 0 Å². The van der Waals surface area contributed by atoms with E-state index in [1.54, 1.807) is 0 Å². The highest BCUT2D eigenvalue weighted by molar-refractivity contribution is 5.84. The monoisotopic (exact) mass is 690 g/mol. The molecule has 5 heterocycles. The summed E-state index contributed by atoms with van der Waals surface area (Å²) in [6.07, 6.45) is 0. The number of aromatic amines is 4. The minimum Gasteiger partial charge on any atom is -0.482 e. The second-order valence-electron chi connectivity index (χ2n) is 12.9. The standard InChI is InChI=1S/C46H34N4O3/c51-42(52)28-53-33-18-16-32(17-19-33)46-40-26-24-38(49-40)44(30-12-6-2-7-13-30)36-22-20-34(47-36)43(29-10-4-1-5-11-29)35-21-23-37(48-35)45(31-14-8-3-9-15-31)39-25-27-41(46)50-39/h1-27,47-50H,28H2,(H,51,52). The average Bonchev–Trinajstić information content (AvgIpc) is 4.04. The van der Waals surface area contributed by atoms with Crippen molar-refractivity contribution in [1.82, 2.24) is 19.9 Å². The summed E-state index contributed by atoms with van der Waals surface area (Å²) in [7, 11) is 0. The van der Waals surface area contributed by atoms with Gasteiger partial charge in [0.1, 0.15) is 5.75 Å². The molecule has 0 radical (unpaired) electrons. The number of nitrogens with one attached hydrogen (secondary N) is 4. The largest absolute Gasteiger partial charge is 0.482 e. The number of hydrogen-bond donors (Lipinski definition) is 5. The van der Waals surface area contributed by atoms with Crippen molar-refractivity contribution in [3.8, 4) is 5.75 Å². The molecule has 0 unspecified atom stereocenters. The maximum Gasteiger partial charge on any atom is 0.341 e. The summed E-state index contributed by atoms with van der Waals surface area (Å²) >= 11 is 0. The molecule has 8 bridgehead atoms. The maximum absolute atomic E-state index is 11.2. The van der Waals surface area contributed by atoms with E-state index in [4.69, 9.17) is 9.84 Å². The van der Waals surface area contributed by atoms with Crippen LogP contribution in [0.25, 0.3) is 22.3 Å². The Morgan fingerprint density at radius 2 is 0.717 bits per heavy atom. The SMILES string of the molecule is O=C(O)COc1ccc(C2=c3ccc([nH]3)=C(c3ccccc3)c3ccc([nH]3)C(c3ccccc3)=c3ccc([nH]3)=C(c3ccccc3)c3ccc2[nH]3)cc1. The van der Waals surface area contributed by atoms with Crippen LogP contribution < -0.4 is 26.1 Å². The molecule has 0 amide bonds. The Hall–Kier alpha value is -7.25. The Kier molecular flexibility index (Phi) is 8.06. The molecule has 256 valence electrons. The van der Waals surface area contributed by atoms with Crippen LogP contribution in [0.4, 0.5) is 0 Å². The summed E-state index contributed by atoms with van der Waals surface area (Å²) in [6, 6.07) is 56.0. The highest BCUT2D eigenvalue weighted by atomic mass is 16.5. The molecule has 4 aromatic carbocycles. The summed E-state index contributed by atoms with van der Waals surface area (Å²) in [5.74, 6) is -0.534. The zero-order valence-electron chi connectivity index (χ0n) is 28.6. The van der Waals surface area contributed by atoms with Gasteiger partial charge in [-0.15, -0.1) is 0 Å². The minimum absolute atomic E-state index is 0.405. The molecule has 7 heteroatoms. The van der Waals surface area contributed by atoms with Gasteiger partial charge < -0.3 is 29.8 Å². The number of carbonyl (C=O) groups is 1. The van der Waals surface area contributed by atoms with Crippen LogP contribution in [0.2, 0.25) is 0 Å². The van der Waals surface area contributed by atoms with Crippen molar-refractivity contribution in [2.75, 3.05) is 6.61 Å². The number of rotatable bonds is 7. The number of aromatic nitrogens is 4. The number of H-pyrrole nitrogens is 4. The number of carboxylic acid groups (broad SMARTS) is 1. The van der Waals surface area contributed by atoms with Gasteiger partial charge in [-0.2, -0.15) is 0 Å². The molecule has 9 rings (SSSR count). The van der Waals surface area contributed by atoms with Gasteiger partial charge in [0.2, 0.25) is 0 Å². The predicted octanol–water partition coefficient (Wildman–Crippen LogP) is 5.77. The molecule has 0 atom stereocenters. The third kappa shape index (κ3) is 6.10. The van der Waals surface area contributed by atoms with E-state index in [1.807, 2.05) is 42.5 Å². The van der Waals surface area contributed by atoms with Gasteiger partial charge in [0.25, 0.3) is 0 Å². The molecule has 5 N–H and O–H groups in total. The Morgan fingerprint density at radius 1 is 0.396 bits per heavy atom. The number of aliphatic carboxylic acids is 1. The van der Waals surface area contributed by atoms with Crippen molar-refractivity contribution in [2.45, 2.75) is 0 Å². The first-order valence-electron chi connectivity index (χ1n) is 17.5. The first kappa shape index (κ1) is 31.7. The molecule has 0 aliphatic carbocycles. The fourth-order valence-corrected chi connectivity index (χ4v) is 7.25. The number of fused-ring (bicyclic) bond motifs is 8. The van der Waals surface area contributed by atoms with Crippen LogP contribution in [0.3, 0.4) is 0 Å². The molecular formula is C46H34N4O3. The zero-order chi connectivity index (χ0) is 35.7. The van der Waals surface area contributed by atoms with Gasteiger partial charge in [-0.1, -0.05) is 103 Å². The van der Waals surface area contributed by atoms with Crippen LogP contribution in [0.1, 0.15) is 45.0 Å². The lowest BCUT2D eigenvalue weighted by Crippen LogP contribution is -2.19. The van der Waals surface area contributed by atoms with Crippen LogP contribution in [0.15, 0.2) is 164 Å². The normalized spacial score (nSPS) is 12.6. The zero-order valence-corrected chi connectivity index (χ0v) is 28.6. The molecule has 0 fully saturated rings. The van der Waals surface area contributed by atoms with E-state index in [9.17, 15) is 4.79 Å². The number of carboxylic acids is 1. The summed E-state index contributed by atoms with van der Waals surface area (Å²) in [4.78, 5) is 26.4. The number of ether oxygens (including phenoxy) is 1. The second kappa shape index (κ2) is 13.5. The Bertz CT molecular complexity index is 2840. The van der Waals surface area contributed by atoms with Gasteiger partial charge in [0, 0.05) is 66.5 Å². The third-order valence-corrected chi connectivity index (χ3v) is 9.59. The molecule has 0 spiro atoms. The van der Waals surface area contributed by atoms with Crippen molar-refractivity contribution in [1.29, 1.82) is 0 Å². The molecule has 1 aliphatic heterocycles. The highest BCUT2D eigenvalue weighted by Gasteiger charge is 2.18. The molecule has 7 nitrogen and oxygen atoms in total. The number of benzene rings is 4. The summed E-state index contributed by atoms with van der Waals surface area (Å²) < 4.78 is 5.48. The van der Waals surface area contributed by atoms with Gasteiger partial charge in [0.15, 0.2) is 6.61 Å². The summed E-state index contributed by atoms with van der Waals surface area (Å²) in [5, 5.41) is 13.0. The Balaban J connectivity index is 1.38. The van der Waals surface area contributed by atoms with Crippen molar-refractivity contribution in [2.24, 2.45) is 0 Å². The van der Waals surface area contributed by atoms with Crippen LogP contribution in [0.5, 0.6) is 5.75 Å². The van der Waals surface area contributed by atoms with Crippen molar-refractivity contribution >= 4 is 28.3 Å². The fourth-order valence-electron chi connectivity index (χ4n) is 7.25. The second-order valence-corrected chi connectivity index (χ2v) is 12.9. The van der Waals surface area contributed by atoms with Crippen molar-refractivity contribution < 1.29 is 14.6 Å². The quantitative estimate of drug-likeness (QED) is 0.147. The van der Waals surface area contributed by atoms with Crippen LogP contribution >= 0.6 is 0 Å². The van der Waals surface area contributed by atoms with E-state index in [0.717, 1.165) is 88.7 Å². The van der Waals surface area contributed by atoms with Crippen molar-refractivity contribution in [3.63, 3.8) is 0 Å². The van der Waals surface area contributed by atoms with E-state index in [0.29, 0.717) is 5.75 Å². The molecule has 8 aromatic rings. The topological polar surface area (TPSA) is 110 Å². The minimum atomic E-state index is -1.02. The number of hydrogen-bond acceptors (Lipinski definition) is 2. The molecule has 53 heavy (non-hydrogen) atoms. The van der Waals surface area contributed by atoms with Crippen LogP contribution in [0, 0.1) is 0 Å². The van der Waals surface area contributed by atoms with Gasteiger partial charge in [0.05, 0.1) is 0 Å². The van der Waals surface area contributed by atoms with Gasteiger partial charge in [-0.25, -0.2) is 4.79 Å². The summed E-state index contributed by atoms with van der Waals surface area (Å²) in [6.45, 7) is -0.405.